The summed E-state index contributed by atoms with van der Waals surface area (Å²) in [6, 6.07) is 7.91. The van der Waals surface area contributed by atoms with Crippen LogP contribution in [0.2, 0.25) is 0 Å². The number of nitrogens with one attached hydrogen (secondary N) is 1. The van der Waals surface area contributed by atoms with Gasteiger partial charge in [-0.05, 0) is 45.0 Å². The monoisotopic (exact) mass is 269 g/mol. The third-order valence-corrected chi connectivity index (χ3v) is 3.42. The molecule has 5 heteroatoms. The summed E-state index contributed by atoms with van der Waals surface area (Å²) in [5.41, 5.74) is 4.54. The molecule has 1 unspecified atom stereocenters. The van der Waals surface area contributed by atoms with E-state index < -0.39 is 0 Å². The summed E-state index contributed by atoms with van der Waals surface area (Å²) in [4.78, 5) is 0. The second-order valence-corrected chi connectivity index (χ2v) is 4.86. The van der Waals surface area contributed by atoms with Crippen LogP contribution in [0.25, 0.3) is 5.69 Å². The summed E-state index contributed by atoms with van der Waals surface area (Å²) < 4.78 is 1.80. The molecule has 1 aromatic carbocycles. The van der Waals surface area contributed by atoms with Crippen molar-refractivity contribution < 1.29 is 0 Å². The number of nitriles is 1. The molecule has 0 aliphatic heterocycles. The number of benzene rings is 1. The molecule has 0 radical (unpaired) electrons. The van der Waals surface area contributed by atoms with Gasteiger partial charge < -0.3 is 5.32 Å². The van der Waals surface area contributed by atoms with Crippen LogP contribution in [0.15, 0.2) is 18.2 Å². The maximum atomic E-state index is 9.03. The molecule has 1 N–H and O–H groups in total. The van der Waals surface area contributed by atoms with Crippen molar-refractivity contribution in [2.45, 2.75) is 33.7 Å². The van der Waals surface area contributed by atoms with E-state index in [1.165, 1.54) is 0 Å². The quantitative estimate of drug-likeness (QED) is 0.925. The summed E-state index contributed by atoms with van der Waals surface area (Å²) in [5, 5.41) is 20.9. The van der Waals surface area contributed by atoms with Gasteiger partial charge in [0.05, 0.1) is 29.1 Å². The van der Waals surface area contributed by atoms with Crippen molar-refractivity contribution in [1.82, 2.24) is 20.3 Å². The third kappa shape index (κ3) is 2.56. The van der Waals surface area contributed by atoms with Crippen LogP contribution < -0.4 is 5.32 Å². The Morgan fingerprint density at radius 1 is 1.40 bits per heavy atom. The van der Waals surface area contributed by atoms with Gasteiger partial charge in [-0.15, -0.1) is 5.10 Å². The van der Waals surface area contributed by atoms with Gasteiger partial charge in [0.2, 0.25) is 0 Å². The summed E-state index contributed by atoms with van der Waals surface area (Å²) in [6.45, 7) is 9.03. The lowest BCUT2D eigenvalue weighted by Gasteiger charge is -2.11. The van der Waals surface area contributed by atoms with E-state index >= 15 is 0 Å². The Bertz CT molecular complexity index is 651. The van der Waals surface area contributed by atoms with Gasteiger partial charge in [0.25, 0.3) is 0 Å². The smallest absolute Gasteiger partial charge is 0.103 e. The Kier molecular flexibility index (Phi) is 4.16. The van der Waals surface area contributed by atoms with Crippen molar-refractivity contribution in [3.63, 3.8) is 0 Å². The summed E-state index contributed by atoms with van der Waals surface area (Å²) in [7, 11) is 0. The van der Waals surface area contributed by atoms with Gasteiger partial charge in [-0.25, -0.2) is 4.68 Å². The molecule has 0 fully saturated rings. The van der Waals surface area contributed by atoms with Crippen molar-refractivity contribution in [3.05, 3.63) is 40.7 Å². The molecule has 0 saturated heterocycles. The second kappa shape index (κ2) is 5.85. The van der Waals surface area contributed by atoms with Crippen LogP contribution in [0.4, 0.5) is 0 Å². The summed E-state index contributed by atoms with van der Waals surface area (Å²) in [5.74, 6) is 0. The standard InChI is InChI=1S/C15H19N5/c1-5-17-11(3)15-12(4)20(19-18-15)14-8-13(9-16)7-6-10(14)2/h6-8,11,17H,5H2,1-4H3. The van der Waals surface area contributed by atoms with Crippen LogP contribution in [0.5, 0.6) is 0 Å². The Morgan fingerprint density at radius 2 is 2.15 bits per heavy atom. The molecule has 104 valence electrons. The molecule has 1 heterocycles. The van der Waals surface area contributed by atoms with Crippen LogP contribution in [0.1, 0.15) is 42.4 Å². The van der Waals surface area contributed by atoms with Crippen LogP contribution >= 0.6 is 0 Å². The predicted octanol–water partition coefficient (Wildman–Crippen LogP) is 2.43. The van der Waals surface area contributed by atoms with E-state index in [-0.39, 0.29) is 6.04 Å². The van der Waals surface area contributed by atoms with Gasteiger partial charge in [-0.1, -0.05) is 18.2 Å². The van der Waals surface area contributed by atoms with Crippen LogP contribution in [-0.4, -0.2) is 21.5 Å². The fraction of sp³-hybridized carbons (Fsp3) is 0.400. The maximum absolute atomic E-state index is 9.03. The van der Waals surface area contributed by atoms with Crippen LogP contribution in [-0.2, 0) is 0 Å². The Morgan fingerprint density at radius 3 is 2.80 bits per heavy atom. The topological polar surface area (TPSA) is 66.5 Å². The highest BCUT2D eigenvalue weighted by Crippen LogP contribution is 2.20. The highest BCUT2D eigenvalue weighted by atomic mass is 15.4. The normalized spacial score (nSPS) is 12.2. The van der Waals surface area contributed by atoms with E-state index in [0.717, 1.165) is 29.2 Å². The fourth-order valence-corrected chi connectivity index (χ4v) is 2.28. The van der Waals surface area contributed by atoms with E-state index in [1.807, 2.05) is 32.0 Å². The number of rotatable bonds is 4. The molecule has 0 aliphatic carbocycles. The molecule has 1 atom stereocenters. The molecule has 2 rings (SSSR count). The van der Waals surface area contributed by atoms with Crippen LogP contribution in [0.3, 0.4) is 0 Å². The average Bonchev–Trinajstić information content (AvgIpc) is 2.81. The highest BCUT2D eigenvalue weighted by Gasteiger charge is 2.16. The Hall–Kier alpha value is -2.19. The molecule has 0 spiro atoms. The third-order valence-electron chi connectivity index (χ3n) is 3.42. The molecule has 0 aliphatic rings. The minimum Gasteiger partial charge on any atom is -0.309 e. The molecule has 0 bridgehead atoms. The van der Waals surface area contributed by atoms with E-state index in [0.29, 0.717) is 5.56 Å². The van der Waals surface area contributed by atoms with Crippen molar-refractivity contribution in [2.24, 2.45) is 0 Å². The summed E-state index contributed by atoms with van der Waals surface area (Å²) in [6.07, 6.45) is 0. The second-order valence-electron chi connectivity index (χ2n) is 4.86. The van der Waals surface area contributed by atoms with Gasteiger partial charge in [0.15, 0.2) is 0 Å². The first-order valence-electron chi connectivity index (χ1n) is 6.75. The van der Waals surface area contributed by atoms with Crippen molar-refractivity contribution >= 4 is 0 Å². The van der Waals surface area contributed by atoms with Gasteiger partial charge >= 0.3 is 0 Å². The number of aromatic nitrogens is 3. The molecule has 0 amide bonds. The minimum atomic E-state index is 0.160. The van der Waals surface area contributed by atoms with E-state index in [9.17, 15) is 0 Å². The average molecular weight is 269 g/mol. The molecule has 20 heavy (non-hydrogen) atoms. The van der Waals surface area contributed by atoms with E-state index in [1.54, 1.807) is 4.68 Å². The number of nitrogens with zero attached hydrogens (tertiary/aromatic N) is 4. The molecule has 2 aromatic rings. The van der Waals surface area contributed by atoms with Crippen molar-refractivity contribution in [3.8, 4) is 11.8 Å². The maximum Gasteiger partial charge on any atom is 0.103 e. The molecule has 0 saturated carbocycles. The largest absolute Gasteiger partial charge is 0.309 e. The molecule has 1 aromatic heterocycles. The first-order valence-corrected chi connectivity index (χ1v) is 6.75. The van der Waals surface area contributed by atoms with Gasteiger partial charge in [-0.2, -0.15) is 5.26 Å². The zero-order valence-corrected chi connectivity index (χ0v) is 12.3. The summed E-state index contributed by atoms with van der Waals surface area (Å²) >= 11 is 0. The zero-order chi connectivity index (χ0) is 14.7. The lowest BCUT2D eigenvalue weighted by molar-refractivity contribution is 0.579. The fourth-order valence-electron chi connectivity index (χ4n) is 2.28. The number of hydrogen-bond acceptors (Lipinski definition) is 4. The van der Waals surface area contributed by atoms with Crippen molar-refractivity contribution in [2.75, 3.05) is 6.54 Å². The zero-order valence-electron chi connectivity index (χ0n) is 12.3. The van der Waals surface area contributed by atoms with Gasteiger partial charge in [0.1, 0.15) is 5.69 Å². The van der Waals surface area contributed by atoms with Gasteiger partial charge in [0, 0.05) is 0 Å². The highest BCUT2D eigenvalue weighted by molar-refractivity contribution is 5.47. The molecular weight excluding hydrogens is 250 g/mol. The lowest BCUT2D eigenvalue weighted by Crippen LogP contribution is -2.19. The minimum absolute atomic E-state index is 0.160. The van der Waals surface area contributed by atoms with E-state index in [4.69, 9.17) is 5.26 Å². The SMILES string of the molecule is CCNC(C)c1nnn(-c2cc(C#N)ccc2C)c1C. The van der Waals surface area contributed by atoms with Crippen LogP contribution in [0, 0.1) is 25.2 Å². The van der Waals surface area contributed by atoms with E-state index in [2.05, 4.69) is 35.5 Å². The number of hydrogen-bond donors (Lipinski definition) is 1. The predicted molar refractivity (Wildman–Crippen MR) is 77.6 cm³/mol. The van der Waals surface area contributed by atoms with Crippen molar-refractivity contribution in [1.29, 1.82) is 5.26 Å². The first kappa shape index (κ1) is 14.2. The number of aryl methyl sites for hydroxylation is 1. The lowest BCUT2D eigenvalue weighted by atomic mass is 10.1. The Balaban J connectivity index is 2.47. The first-order chi connectivity index (χ1) is 9.58. The molecule has 5 nitrogen and oxygen atoms in total. The van der Waals surface area contributed by atoms with Gasteiger partial charge in [-0.3, -0.25) is 0 Å². The molecular formula is C15H19N5. The Labute approximate surface area is 119 Å².